The van der Waals surface area contributed by atoms with Crippen LogP contribution in [0.15, 0.2) is 52.7 Å². The highest BCUT2D eigenvalue weighted by atomic mass is 35.5. The first-order valence-electron chi connectivity index (χ1n) is 7.75. The Bertz CT molecular complexity index is 932. The van der Waals surface area contributed by atoms with Gasteiger partial charge in [0, 0.05) is 5.56 Å². The second-order valence-corrected chi connectivity index (χ2v) is 6.65. The van der Waals surface area contributed by atoms with Gasteiger partial charge >= 0.3 is 5.97 Å². The van der Waals surface area contributed by atoms with Gasteiger partial charge in [-0.1, -0.05) is 41.6 Å². The fourth-order valence-electron chi connectivity index (χ4n) is 2.17. The molecule has 0 unspecified atom stereocenters. The molecule has 27 heavy (non-hydrogen) atoms. The number of halogens is 1. The van der Waals surface area contributed by atoms with Crippen molar-refractivity contribution >= 4 is 46.6 Å². The van der Waals surface area contributed by atoms with E-state index in [-0.39, 0.29) is 22.4 Å². The van der Waals surface area contributed by atoms with Crippen molar-refractivity contribution in [2.24, 2.45) is 10.2 Å². The average Bonchev–Trinajstić information content (AvgIpc) is 3.09. The number of benzene rings is 2. The van der Waals surface area contributed by atoms with Crippen LogP contribution in [0.3, 0.4) is 0 Å². The number of amides is 1. The van der Waals surface area contributed by atoms with Crippen LogP contribution in [0.5, 0.6) is 11.5 Å². The number of rotatable bonds is 5. The molecule has 0 saturated carbocycles. The van der Waals surface area contributed by atoms with Gasteiger partial charge in [0.15, 0.2) is 16.7 Å². The number of nitrogens with one attached hydrogen (secondary N) is 1. The molecule has 0 spiro atoms. The molecule has 1 aliphatic rings. The van der Waals surface area contributed by atoms with Gasteiger partial charge in [0.1, 0.15) is 0 Å². The lowest BCUT2D eigenvalue weighted by atomic mass is 10.2. The van der Waals surface area contributed by atoms with Crippen molar-refractivity contribution in [2.75, 3.05) is 12.9 Å². The van der Waals surface area contributed by atoms with E-state index in [1.54, 1.807) is 42.5 Å². The molecule has 0 aliphatic carbocycles. The summed E-state index contributed by atoms with van der Waals surface area (Å²) in [4.78, 5) is 23.4. The molecule has 1 amide bonds. The Balaban J connectivity index is 1.79. The van der Waals surface area contributed by atoms with E-state index in [2.05, 4.69) is 15.5 Å². The van der Waals surface area contributed by atoms with Crippen molar-refractivity contribution in [3.8, 4) is 11.5 Å². The van der Waals surface area contributed by atoms with Crippen LogP contribution in [0.1, 0.15) is 15.9 Å². The van der Waals surface area contributed by atoms with Gasteiger partial charge in [-0.2, -0.15) is 5.10 Å². The van der Waals surface area contributed by atoms with Crippen LogP contribution in [0.25, 0.3) is 0 Å². The zero-order valence-corrected chi connectivity index (χ0v) is 15.7. The number of methoxy groups -OCH3 is 1. The highest BCUT2D eigenvalue weighted by Gasteiger charge is 2.17. The summed E-state index contributed by atoms with van der Waals surface area (Å²) in [6.45, 7) is 0. The first-order chi connectivity index (χ1) is 13.1. The molecule has 1 N–H and O–H groups in total. The van der Waals surface area contributed by atoms with Crippen molar-refractivity contribution in [2.45, 2.75) is 0 Å². The molecule has 7 nitrogen and oxygen atoms in total. The molecular formula is C18H14ClN3O4S. The second-order valence-electron chi connectivity index (χ2n) is 5.28. The van der Waals surface area contributed by atoms with Crippen LogP contribution in [0, 0.1) is 0 Å². The van der Waals surface area contributed by atoms with E-state index in [0.717, 1.165) is 0 Å². The van der Waals surface area contributed by atoms with Crippen molar-refractivity contribution in [3.63, 3.8) is 0 Å². The van der Waals surface area contributed by atoms with Crippen LogP contribution in [-0.4, -0.2) is 36.1 Å². The first kappa shape index (κ1) is 18.9. The number of esters is 1. The van der Waals surface area contributed by atoms with E-state index in [9.17, 15) is 9.59 Å². The van der Waals surface area contributed by atoms with Crippen LogP contribution in [-0.2, 0) is 4.79 Å². The van der Waals surface area contributed by atoms with Crippen molar-refractivity contribution in [3.05, 3.63) is 58.6 Å². The Labute approximate surface area is 164 Å². The first-order valence-corrected chi connectivity index (χ1v) is 9.11. The topological polar surface area (TPSA) is 89.3 Å². The number of amidine groups is 1. The number of thioether (sulfide) groups is 1. The summed E-state index contributed by atoms with van der Waals surface area (Å²) >= 11 is 7.53. The Morgan fingerprint density at radius 1 is 1.30 bits per heavy atom. The van der Waals surface area contributed by atoms with Crippen molar-refractivity contribution in [1.82, 2.24) is 5.32 Å². The molecule has 1 fully saturated rings. The van der Waals surface area contributed by atoms with Gasteiger partial charge in [0.05, 0.1) is 29.7 Å². The van der Waals surface area contributed by atoms with E-state index in [0.29, 0.717) is 22.0 Å². The largest absolute Gasteiger partial charge is 0.493 e. The molecule has 3 rings (SSSR count). The summed E-state index contributed by atoms with van der Waals surface area (Å²) in [7, 11) is 1.44. The molecule has 1 heterocycles. The Kier molecular flexibility index (Phi) is 6.10. The third-order valence-electron chi connectivity index (χ3n) is 3.40. The number of ether oxygens (including phenoxy) is 2. The molecule has 0 atom stereocenters. The summed E-state index contributed by atoms with van der Waals surface area (Å²) in [6, 6.07) is 11.7. The Hall–Kier alpha value is -2.84. The lowest BCUT2D eigenvalue weighted by molar-refractivity contribution is -0.116. The van der Waals surface area contributed by atoms with Gasteiger partial charge in [-0.15, -0.1) is 5.10 Å². The van der Waals surface area contributed by atoms with E-state index >= 15 is 0 Å². The number of hydrogen-bond donors (Lipinski definition) is 1. The maximum atomic E-state index is 12.2. The van der Waals surface area contributed by atoms with Gasteiger partial charge < -0.3 is 14.8 Å². The molecule has 0 bridgehead atoms. The van der Waals surface area contributed by atoms with Gasteiger partial charge in [0.25, 0.3) is 0 Å². The molecule has 0 radical (unpaired) electrons. The zero-order valence-electron chi connectivity index (χ0n) is 14.1. The van der Waals surface area contributed by atoms with Crippen LogP contribution >= 0.6 is 23.4 Å². The predicted molar refractivity (Wildman–Crippen MR) is 105 cm³/mol. The molecule has 2 aromatic carbocycles. The minimum atomic E-state index is -0.544. The minimum Gasteiger partial charge on any atom is -0.493 e. The third-order valence-corrected chi connectivity index (χ3v) is 4.54. The monoisotopic (exact) mass is 403 g/mol. The van der Waals surface area contributed by atoms with Crippen LogP contribution in [0.2, 0.25) is 5.02 Å². The summed E-state index contributed by atoms with van der Waals surface area (Å²) < 4.78 is 10.7. The normalized spacial score (nSPS) is 15.2. The van der Waals surface area contributed by atoms with Gasteiger partial charge in [-0.05, 0) is 24.3 Å². The highest BCUT2D eigenvalue weighted by molar-refractivity contribution is 8.15. The zero-order chi connectivity index (χ0) is 19.2. The maximum absolute atomic E-state index is 12.2. The molecule has 2 aromatic rings. The lowest BCUT2D eigenvalue weighted by Gasteiger charge is -2.11. The predicted octanol–water partition coefficient (Wildman–Crippen LogP) is 3.12. The Morgan fingerprint density at radius 2 is 2.07 bits per heavy atom. The summed E-state index contributed by atoms with van der Waals surface area (Å²) in [5.41, 5.74) is 0.989. The smallest absolute Gasteiger partial charge is 0.343 e. The molecule has 0 aromatic heterocycles. The van der Waals surface area contributed by atoms with Gasteiger partial charge in [0.2, 0.25) is 5.91 Å². The molecule has 1 aliphatic heterocycles. The molecule has 1 saturated heterocycles. The Morgan fingerprint density at radius 3 is 2.74 bits per heavy atom. The highest BCUT2D eigenvalue weighted by Crippen LogP contribution is 2.36. The van der Waals surface area contributed by atoms with E-state index in [1.165, 1.54) is 25.1 Å². The average molecular weight is 404 g/mol. The van der Waals surface area contributed by atoms with E-state index in [4.69, 9.17) is 21.1 Å². The van der Waals surface area contributed by atoms with Gasteiger partial charge in [-0.25, -0.2) is 4.79 Å². The van der Waals surface area contributed by atoms with Crippen molar-refractivity contribution in [1.29, 1.82) is 0 Å². The van der Waals surface area contributed by atoms with Crippen LogP contribution in [0.4, 0.5) is 0 Å². The molecular weight excluding hydrogens is 390 g/mol. The molecule has 9 heteroatoms. The maximum Gasteiger partial charge on any atom is 0.343 e. The SMILES string of the molecule is COc1cc(C=NN=C2NC(=O)CS2)cc(Cl)c1OC(=O)c1ccccc1. The lowest BCUT2D eigenvalue weighted by Crippen LogP contribution is -2.19. The van der Waals surface area contributed by atoms with E-state index in [1.807, 2.05) is 0 Å². The fraction of sp³-hybridized carbons (Fsp3) is 0.111. The number of nitrogens with zero attached hydrogens (tertiary/aromatic N) is 2. The quantitative estimate of drug-likeness (QED) is 0.358. The number of hydrogen-bond acceptors (Lipinski definition) is 7. The number of carbonyl (C=O) groups excluding carboxylic acids is 2. The van der Waals surface area contributed by atoms with E-state index < -0.39 is 5.97 Å². The summed E-state index contributed by atoms with van der Waals surface area (Å²) in [5, 5.41) is 11.0. The summed E-state index contributed by atoms with van der Waals surface area (Å²) in [6.07, 6.45) is 1.45. The standard InChI is InChI=1S/C18H14ClN3O4S/c1-25-14-8-11(9-20-22-18-21-15(23)10-27-18)7-13(19)16(14)26-17(24)12-5-3-2-4-6-12/h2-9H,10H2,1H3,(H,21,22,23). The second kappa shape index (κ2) is 8.70. The van der Waals surface area contributed by atoms with Crippen LogP contribution < -0.4 is 14.8 Å². The summed E-state index contributed by atoms with van der Waals surface area (Å²) in [5.74, 6) is 0.0792. The van der Waals surface area contributed by atoms with Crippen molar-refractivity contribution < 1.29 is 19.1 Å². The number of carbonyl (C=O) groups is 2. The minimum absolute atomic E-state index is 0.108. The fourth-order valence-corrected chi connectivity index (χ4v) is 3.05. The third kappa shape index (κ3) is 4.87. The van der Waals surface area contributed by atoms with Gasteiger partial charge in [-0.3, -0.25) is 4.79 Å². The molecule has 138 valence electrons.